The number of hydrogen-bond acceptors (Lipinski definition) is 1. The van der Waals surface area contributed by atoms with Gasteiger partial charge in [-0.3, -0.25) is 4.79 Å². The summed E-state index contributed by atoms with van der Waals surface area (Å²) in [6.45, 7) is 7.57. The minimum absolute atomic E-state index is 0.282. The molecule has 1 aromatic carbocycles. The van der Waals surface area contributed by atoms with Gasteiger partial charge in [-0.1, -0.05) is 42.4 Å². The van der Waals surface area contributed by atoms with Crippen LogP contribution in [0.2, 0.25) is 10.0 Å². The quantitative estimate of drug-likeness (QED) is 0.821. The molecule has 0 unspecified atom stereocenters. The van der Waals surface area contributed by atoms with Gasteiger partial charge in [-0.15, -0.1) is 0 Å². The second-order valence-corrected chi connectivity index (χ2v) is 4.01. The van der Waals surface area contributed by atoms with Crippen LogP contribution in [0.4, 0.5) is 0 Å². The lowest BCUT2D eigenvalue weighted by atomic mass is 10.2. The van der Waals surface area contributed by atoms with Crippen molar-refractivity contribution in [3.05, 3.63) is 58.6 Å². The van der Waals surface area contributed by atoms with Crippen molar-refractivity contribution in [1.29, 1.82) is 0 Å². The lowest BCUT2D eigenvalue weighted by molar-refractivity contribution is 0.0957. The van der Waals surface area contributed by atoms with Gasteiger partial charge in [-0.2, -0.15) is 0 Å². The number of hydrogen-bond donors (Lipinski definition) is 1. The zero-order chi connectivity index (χ0) is 12.1. The number of rotatable bonds is 4. The molecule has 84 valence electrons. The van der Waals surface area contributed by atoms with Crippen LogP contribution in [0.25, 0.3) is 0 Å². The summed E-state index contributed by atoms with van der Waals surface area (Å²) in [7, 11) is 0. The van der Waals surface area contributed by atoms with Crippen molar-refractivity contribution in [2.75, 3.05) is 6.54 Å². The predicted octanol–water partition coefficient (Wildman–Crippen LogP) is 3.47. The van der Waals surface area contributed by atoms with Gasteiger partial charge in [0.05, 0.1) is 10.6 Å². The maximum atomic E-state index is 11.7. The van der Waals surface area contributed by atoms with Crippen LogP contribution in [0.15, 0.2) is 43.0 Å². The standard InChI is InChI=1S/C12H11Cl2NO/c1-3-8(2)7-15-12(16)10-6-9(13)4-5-11(10)14/h3-6H,1-2,7H2,(H,15,16). The Labute approximate surface area is 105 Å². The molecule has 0 saturated heterocycles. The van der Waals surface area contributed by atoms with Crippen LogP contribution >= 0.6 is 23.2 Å². The lowest BCUT2D eigenvalue weighted by Gasteiger charge is -2.06. The highest BCUT2D eigenvalue weighted by molar-refractivity contribution is 6.35. The molecule has 0 aliphatic heterocycles. The van der Waals surface area contributed by atoms with E-state index in [0.29, 0.717) is 22.2 Å². The molecule has 4 heteroatoms. The van der Waals surface area contributed by atoms with Crippen LogP contribution in [0.3, 0.4) is 0 Å². The van der Waals surface area contributed by atoms with Gasteiger partial charge in [0, 0.05) is 11.6 Å². The minimum Gasteiger partial charge on any atom is -0.348 e. The summed E-state index contributed by atoms with van der Waals surface area (Å²) in [5, 5.41) is 3.50. The first kappa shape index (κ1) is 12.8. The molecule has 1 rings (SSSR count). The first-order chi connectivity index (χ1) is 7.54. The molecule has 1 aromatic rings. The largest absolute Gasteiger partial charge is 0.348 e. The molecule has 0 bridgehead atoms. The Bertz CT molecular complexity index is 441. The molecule has 0 heterocycles. The predicted molar refractivity (Wildman–Crippen MR) is 68.1 cm³/mol. The van der Waals surface area contributed by atoms with Crippen LogP contribution < -0.4 is 5.32 Å². The highest BCUT2D eigenvalue weighted by Gasteiger charge is 2.10. The van der Waals surface area contributed by atoms with E-state index in [1.807, 2.05) is 0 Å². The Hall–Kier alpha value is -1.25. The zero-order valence-corrected chi connectivity index (χ0v) is 10.1. The summed E-state index contributed by atoms with van der Waals surface area (Å²) in [6, 6.07) is 4.74. The molecule has 1 amide bonds. The SMILES string of the molecule is C=CC(=C)CNC(=O)c1cc(Cl)ccc1Cl. The molecule has 0 aromatic heterocycles. The fraction of sp³-hybridized carbons (Fsp3) is 0.0833. The van der Waals surface area contributed by atoms with E-state index < -0.39 is 0 Å². The zero-order valence-electron chi connectivity index (χ0n) is 8.59. The van der Waals surface area contributed by atoms with E-state index in [9.17, 15) is 4.79 Å². The van der Waals surface area contributed by atoms with Gasteiger partial charge >= 0.3 is 0 Å². The van der Waals surface area contributed by atoms with E-state index in [2.05, 4.69) is 18.5 Å². The summed E-state index contributed by atoms with van der Waals surface area (Å²) in [5.41, 5.74) is 1.08. The average molecular weight is 256 g/mol. The second kappa shape index (κ2) is 5.73. The van der Waals surface area contributed by atoms with Gasteiger partial charge in [0.15, 0.2) is 0 Å². The maximum Gasteiger partial charge on any atom is 0.253 e. The van der Waals surface area contributed by atoms with Crippen molar-refractivity contribution in [3.8, 4) is 0 Å². The third kappa shape index (κ3) is 3.40. The average Bonchev–Trinajstić information content (AvgIpc) is 2.28. The van der Waals surface area contributed by atoms with E-state index in [-0.39, 0.29) is 5.91 Å². The highest BCUT2D eigenvalue weighted by Crippen LogP contribution is 2.20. The first-order valence-electron chi connectivity index (χ1n) is 4.58. The summed E-state index contributed by atoms with van der Waals surface area (Å²) in [4.78, 5) is 11.7. The molecular formula is C12H11Cl2NO. The normalized spacial score (nSPS) is 9.62. The highest BCUT2D eigenvalue weighted by atomic mass is 35.5. The van der Waals surface area contributed by atoms with Crippen molar-refractivity contribution in [1.82, 2.24) is 5.32 Å². The minimum atomic E-state index is -0.282. The molecule has 0 fully saturated rings. The number of halogens is 2. The van der Waals surface area contributed by atoms with E-state index in [1.54, 1.807) is 18.2 Å². The number of benzene rings is 1. The number of amides is 1. The van der Waals surface area contributed by atoms with Gasteiger partial charge in [0.25, 0.3) is 5.91 Å². The summed E-state index contributed by atoms with van der Waals surface area (Å²) >= 11 is 11.7. The van der Waals surface area contributed by atoms with Crippen LogP contribution in [-0.2, 0) is 0 Å². The molecule has 1 N–H and O–H groups in total. The van der Waals surface area contributed by atoms with Crippen LogP contribution in [0.1, 0.15) is 10.4 Å². The third-order valence-corrected chi connectivity index (χ3v) is 2.50. The fourth-order valence-corrected chi connectivity index (χ4v) is 1.41. The molecule has 0 aliphatic carbocycles. The molecule has 0 spiro atoms. The van der Waals surface area contributed by atoms with E-state index in [0.717, 1.165) is 5.57 Å². The summed E-state index contributed by atoms with van der Waals surface area (Å²) in [5.74, 6) is -0.282. The molecule has 0 saturated carbocycles. The Morgan fingerprint density at radius 2 is 2.12 bits per heavy atom. The molecule has 0 aliphatic rings. The van der Waals surface area contributed by atoms with Crippen molar-refractivity contribution >= 4 is 29.1 Å². The summed E-state index contributed by atoms with van der Waals surface area (Å²) < 4.78 is 0. The van der Waals surface area contributed by atoms with Crippen molar-refractivity contribution in [2.24, 2.45) is 0 Å². The van der Waals surface area contributed by atoms with Gasteiger partial charge in [0.2, 0.25) is 0 Å². The number of nitrogens with one attached hydrogen (secondary N) is 1. The monoisotopic (exact) mass is 255 g/mol. The van der Waals surface area contributed by atoms with Crippen molar-refractivity contribution in [2.45, 2.75) is 0 Å². The van der Waals surface area contributed by atoms with Crippen molar-refractivity contribution < 1.29 is 4.79 Å². The Morgan fingerprint density at radius 3 is 2.75 bits per heavy atom. The maximum absolute atomic E-state index is 11.7. The molecule has 0 atom stereocenters. The Balaban J connectivity index is 2.76. The topological polar surface area (TPSA) is 29.1 Å². The Kier molecular flexibility index (Phi) is 4.59. The molecule has 16 heavy (non-hydrogen) atoms. The molecule has 0 radical (unpaired) electrons. The van der Waals surface area contributed by atoms with Gasteiger partial charge in [-0.25, -0.2) is 0 Å². The Morgan fingerprint density at radius 1 is 1.44 bits per heavy atom. The third-order valence-electron chi connectivity index (χ3n) is 1.94. The molecular weight excluding hydrogens is 245 g/mol. The van der Waals surface area contributed by atoms with Crippen molar-refractivity contribution in [3.63, 3.8) is 0 Å². The van der Waals surface area contributed by atoms with E-state index >= 15 is 0 Å². The van der Waals surface area contributed by atoms with E-state index in [1.165, 1.54) is 6.07 Å². The first-order valence-corrected chi connectivity index (χ1v) is 5.33. The number of carbonyl (C=O) groups excluding carboxylic acids is 1. The van der Waals surface area contributed by atoms with Crippen LogP contribution in [-0.4, -0.2) is 12.5 Å². The smallest absolute Gasteiger partial charge is 0.253 e. The summed E-state index contributed by atoms with van der Waals surface area (Å²) in [6.07, 6.45) is 1.58. The molecule has 2 nitrogen and oxygen atoms in total. The lowest BCUT2D eigenvalue weighted by Crippen LogP contribution is -2.25. The second-order valence-electron chi connectivity index (χ2n) is 3.17. The van der Waals surface area contributed by atoms with Gasteiger partial charge < -0.3 is 5.32 Å². The van der Waals surface area contributed by atoms with Crippen LogP contribution in [0, 0.1) is 0 Å². The van der Waals surface area contributed by atoms with Gasteiger partial charge in [0.1, 0.15) is 0 Å². The van der Waals surface area contributed by atoms with E-state index in [4.69, 9.17) is 23.2 Å². The van der Waals surface area contributed by atoms with Crippen LogP contribution in [0.5, 0.6) is 0 Å². The number of carbonyl (C=O) groups is 1. The fourth-order valence-electron chi connectivity index (χ4n) is 1.03. The van der Waals surface area contributed by atoms with Gasteiger partial charge in [-0.05, 0) is 23.8 Å².